The van der Waals surface area contributed by atoms with Crippen LogP contribution in [-0.4, -0.2) is 29.3 Å². The maximum absolute atomic E-state index is 13.7. The average Bonchev–Trinajstić information content (AvgIpc) is 3.70. The van der Waals surface area contributed by atoms with Crippen LogP contribution in [0.15, 0.2) is 59.5 Å². The normalized spacial score (nSPS) is 14.8. The highest BCUT2D eigenvalue weighted by molar-refractivity contribution is 7.98. The number of sulfone groups is 1. The molecule has 0 bridgehead atoms. The summed E-state index contributed by atoms with van der Waals surface area (Å²) in [6, 6.07) is 11.9. The van der Waals surface area contributed by atoms with Gasteiger partial charge in [-0.15, -0.1) is 0 Å². The van der Waals surface area contributed by atoms with Crippen molar-refractivity contribution >= 4 is 27.6 Å². The largest absolute Gasteiger partial charge is 0.318 e. The van der Waals surface area contributed by atoms with Gasteiger partial charge in [-0.1, -0.05) is 31.0 Å². The van der Waals surface area contributed by atoms with Crippen molar-refractivity contribution in [2.24, 2.45) is 13.0 Å². The molecule has 39 heavy (non-hydrogen) atoms. The number of nitrogens with zero attached hydrogens (tertiary/aromatic N) is 1. The van der Waals surface area contributed by atoms with Gasteiger partial charge in [0.05, 0.1) is 5.75 Å². The maximum Gasteiger partial charge on any atom is 0.250 e. The number of nitrogens with one attached hydrogen (secondary N) is 1. The third-order valence-corrected chi connectivity index (χ3v) is 9.37. The second-order valence-corrected chi connectivity index (χ2v) is 15.1. The number of hydrogen-bond acceptors (Lipinski definition) is 6. The monoisotopic (exact) mass is 570 g/mol. The lowest BCUT2D eigenvalue weighted by Crippen LogP contribution is -2.26. The van der Waals surface area contributed by atoms with Gasteiger partial charge in [0.2, 0.25) is 0 Å². The number of rotatable bonds is 10. The third-order valence-electron chi connectivity index (χ3n) is 6.73. The van der Waals surface area contributed by atoms with Crippen LogP contribution in [0.25, 0.3) is 11.1 Å². The van der Waals surface area contributed by atoms with E-state index in [0.717, 1.165) is 18.4 Å². The first-order valence-corrected chi connectivity index (χ1v) is 15.7. The van der Waals surface area contributed by atoms with Crippen molar-refractivity contribution in [1.29, 1.82) is 0 Å². The zero-order valence-electron chi connectivity index (χ0n) is 23.0. The van der Waals surface area contributed by atoms with E-state index in [0.29, 0.717) is 33.7 Å². The van der Waals surface area contributed by atoms with Gasteiger partial charge in [0.15, 0.2) is 15.6 Å². The summed E-state index contributed by atoms with van der Waals surface area (Å²) in [5, 5.41) is 0. The Balaban J connectivity index is 1.93. The Morgan fingerprint density at radius 2 is 1.77 bits per heavy atom. The SMILES string of the molecule is CCS(=O)(=O)Cc1ccc(C(=O)c2ccc(F)cc2)c(-c2cn(C)c(=O)cc2[C@@H](NSC(C)(C)C)C2CC2)c1. The number of aryl methyl sites for hydroxylation is 1. The summed E-state index contributed by atoms with van der Waals surface area (Å²) in [5.74, 6) is -0.573. The van der Waals surface area contributed by atoms with Crippen LogP contribution in [0.4, 0.5) is 4.39 Å². The van der Waals surface area contributed by atoms with Crippen LogP contribution in [0.5, 0.6) is 0 Å². The predicted octanol–water partition coefficient (Wildman–Crippen LogP) is 5.84. The lowest BCUT2D eigenvalue weighted by Gasteiger charge is -2.27. The highest BCUT2D eigenvalue weighted by Gasteiger charge is 2.35. The number of aromatic nitrogens is 1. The molecule has 0 saturated heterocycles. The lowest BCUT2D eigenvalue weighted by molar-refractivity contribution is 0.103. The first kappa shape index (κ1) is 29.2. The molecule has 1 aromatic heterocycles. The molecule has 0 amide bonds. The van der Waals surface area contributed by atoms with Crippen LogP contribution < -0.4 is 10.3 Å². The van der Waals surface area contributed by atoms with Gasteiger partial charge in [0.25, 0.3) is 5.56 Å². The zero-order valence-corrected chi connectivity index (χ0v) is 24.6. The van der Waals surface area contributed by atoms with Gasteiger partial charge in [0, 0.05) is 52.5 Å². The summed E-state index contributed by atoms with van der Waals surface area (Å²) < 4.78 is 43.5. The quantitative estimate of drug-likeness (QED) is 0.243. The first-order chi connectivity index (χ1) is 18.3. The third kappa shape index (κ3) is 7.26. The molecule has 0 aliphatic heterocycles. The second kappa shape index (κ2) is 11.4. The number of carbonyl (C=O) groups is 1. The minimum Gasteiger partial charge on any atom is -0.318 e. The summed E-state index contributed by atoms with van der Waals surface area (Å²) in [5.41, 5.74) is 3.08. The van der Waals surface area contributed by atoms with Crippen molar-refractivity contribution in [2.75, 3.05) is 5.75 Å². The van der Waals surface area contributed by atoms with E-state index in [9.17, 15) is 22.4 Å². The Labute approximate surface area is 234 Å². The predicted molar refractivity (Wildman–Crippen MR) is 156 cm³/mol. The average molecular weight is 571 g/mol. The molecule has 0 unspecified atom stereocenters. The molecular formula is C30H35FN2O4S2. The Morgan fingerprint density at radius 3 is 2.36 bits per heavy atom. The molecule has 1 heterocycles. The molecule has 1 saturated carbocycles. The Hall–Kier alpha value is -2.75. The Bertz CT molecular complexity index is 1540. The summed E-state index contributed by atoms with van der Waals surface area (Å²) in [6.45, 7) is 7.93. The molecule has 0 radical (unpaired) electrons. The first-order valence-electron chi connectivity index (χ1n) is 13.1. The van der Waals surface area contributed by atoms with Crippen LogP contribution in [0, 0.1) is 11.7 Å². The number of benzene rings is 2. The molecule has 1 atom stereocenters. The van der Waals surface area contributed by atoms with Gasteiger partial charge >= 0.3 is 0 Å². The van der Waals surface area contributed by atoms with Gasteiger partial charge in [-0.25, -0.2) is 12.8 Å². The standard InChI is InChI=1S/C30H35FN2O4S2/c1-6-39(36,37)18-19-7-14-23(29(35)21-10-12-22(31)13-11-21)24(15-19)26-17-33(5)27(34)16-25(26)28(20-8-9-20)32-38-30(2,3)4/h7,10-17,20,28,32H,6,8-9,18H2,1-5H3/t28-/m0/s1. The molecule has 4 rings (SSSR count). The molecule has 208 valence electrons. The minimum atomic E-state index is -3.33. The van der Waals surface area contributed by atoms with Crippen molar-refractivity contribution in [3.8, 4) is 11.1 Å². The fraction of sp³-hybridized carbons (Fsp3) is 0.400. The van der Waals surface area contributed by atoms with Gasteiger partial charge in [-0.2, -0.15) is 0 Å². The molecule has 0 spiro atoms. The molecule has 3 aromatic rings. The van der Waals surface area contributed by atoms with E-state index < -0.39 is 15.7 Å². The van der Waals surface area contributed by atoms with Crippen molar-refractivity contribution in [3.05, 3.63) is 93.2 Å². The number of pyridine rings is 1. The van der Waals surface area contributed by atoms with E-state index in [4.69, 9.17) is 0 Å². The molecule has 6 nitrogen and oxygen atoms in total. The zero-order chi connectivity index (χ0) is 28.5. The van der Waals surface area contributed by atoms with E-state index in [1.54, 1.807) is 56.4 Å². The fourth-order valence-electron chi connectivity index (χ4n) is 4.43. The highest BCUT2D eigenvalue weighted by atomic mass is 32.2. The van der Waals surface area contributed by atoms with Crippen LogP contribution in [0.3, 0.4) is 0 Å². The van der Waals surface area contributed by atoms with Gasteiger partial charge in [-0.3, -0.25) is 14.3 Å². The van der Waals surface area contributed by atoms with E-state index in [-0.39, 0.29) is 33.6 Å². The summed E-state index contributed by atoms with van der Waals surface area (Å²) in [7, 11) is -1.67. The fourth-order valence-corrected chi connectivity index (χ4v) is 6.12. The number of hydrogen-bond donors (Lipinski definition) is 1. The van der Waals surface area contributed by atoms with Crippen LogP contribution >= 0.6 is 11.9 Å². The van der Waals surface area contributed by atoms with E-state index >= 15 is 0 Å². The van der Waals surface area contributed by atoms with Gasteiger partial charge in [0.1, 0.15) is 5.82 Å². The minimum absolute atomic E-state index is 0.00137. The summed E-state index contributed by atoms with van der Waals surface area (Å²) in [6.07, 6.45) is 3.77. The van der Waals surface area contributed by atoms with Gasteiger partial charge in [-0.05, 0) is 86.6 Å². The van der Waals surface area contributed by atoms with Crippen molar-refractivity contribution in [2.45, 2.75) is 57.1 Å². The van der Waals surface area contributed by atoms with Gasteiger partial charge < -0.3 is 4.57 Å². The van der Waals surface area contributed by atoms with Crippen LogP contribution in [0.1, 0.15) is 73.6 Å². The highest BCUT2D eigenvalue weighted by Crippen LogP contribution is 2.45. The maximum atomic E-state index is 13.7. The molecule has 1 fully saturated rings. The van der Waals surface area contributed by atoms with Crippen LogP contribution in [-0.2, 0) is 22.6 Å². The summed E-state index contributed by atoms with van der Waals surface area (Å²) in [4.78, 5) is 26.6. The summed E-state index contributed by atoms with van der Waals surface area (Å²) >= 11 is 1.60. The van der Waals surface area contributed by atoms with E-state index in [1.807, 2.05) is 0 Å². The molecule has 2 aromatic carbocycles. The topological polar surface area (TPSA) is 85.2 Å². The van der Waals surface area contributed by atoms with E-state index in [2.05, 4.69) is 25.5 Å². The second-order valence-electron chi connectivity index (χ2n) is 11.1. The smallest absolute Gasteiger partial charge is 0.250 e. The van der Waals surface area contributed by atoms with Crippen molar-refractivity contribution < 1.29 is 17.6 Å². The molecule has 9 heteroatoms. The van der Waals surface area contributed by atoms with E-state index in [1.165, 1.54) is 28.8 Å². The van der Waals surface area contributed by atoms with Crippen LogP contribution in [0.2, 0.25) is 0 Å². The Morgan fingerprint density at radius 1 is 1.10 bits per heavy atom. The lowest BCUT2D eigenvalue weighted by atomic mass is 9.88. The number of ketones is 1. The Kier molecular flexibility index (Phi) is 8.54. The number of halogens is 1. The van der Waals surface area contributed by atoms with Crippen molar-refractivity contribution in [1.82, 2.24) is 9.29 Å². The van der Waals surface area contributed by atoms with Crippen molar-refractivity contribution in [3.63, 3.8) is 0 Å². The molecule has 1 N–H and O–H groups in total. The molecule has 1 aliphatic carbocycles. The number of carbonyl (C=O) groups excluding carboxylic acids is 1. The molecule has 1 aliphatic rings. The molecular weight excluding hydrogens is 535 g/mol.